The Morgan fingerprint density at radius 1 is 1.40 bits per heavy atom. The van der Waals surface area contributed by atoms with Crippen LogP contribution >= 0.6 is 0 Å². The highest BCUT2D eigenvalue weighted by Gasteiger charge is 2.06. The van der Waals surface area contributed by atoms with Crippen molar-refractivity contribution in [3.8, 4) is 0 Å². The topological polar surface area (TPSA) is 75.9 Å². The molecule has 1 rings (SSSR count). The van der Waals surface area contributed by atoms with Crippen LogP contribution in [0, 0.1) is 5.41 Å². The minimum Gasteiger partial charge on any atom is -0.404 e. The van der Waals surface area contributed by atoms with Crippen LogP contribution in [0.3, 0.4) is 0 Å². The van der Waals surface area contributed by atoms with Gasteiger partial charge >= 0.3 is 0 Å². The molecule has 0 aliphatic heterocycles. The molecule has 15 heavy (non-hydrogen) atoms. The van der Waals surface area contributed by atoms with Gasteiger partial charge in [-0.1, -0.05) is 26.0 Å². The van der Waals surface area contributed by atoms with Crippen molar-refractivity contribution >= 4 is 17.5 Å². The molecule has 0 saturated heterocycles. The molecule has 3 heteroatoms. The summed E-state index contributed by atoms with van der Waals surface area (Å²) in [5.74, 6) is 0.407. The van der Waals surface area contributed by atoms with E-state index in [0.29, 0.717) is 11.5 Å². The maximum atomic E-state index is 7.19. The Hall–Kier alpha value is -1.77. The molecule has 0 fully saturated rings. The number of anilines is 1. The normalized spacial score (nSPS) is 11.8. The van der Waals surface area contributed by atoms with E-state index in [1.165, 1.54) is 12.4 Å². The standard InChI is InChI=1S/C12H17N3/c1-8(2)11-4-3-9(5-12(11)15)10(6-13)7-14/h3-8,13H,14-15H2,1-2H3/b10-7+,13-6?. The maximum Gasteiger partial charge on any atom is 0.0355 e. The van der Waals surface area contributed by atoms with E-state index >= 15 is 0 Å². The minimum atomic E-state index is 0.407. The highest BCUT2D eigenvalue weighted by molar-refractivity contribution is 6.08. The van der Waals surface area contributed by atoms with Crippen molar-refractivity contribution in [3.63, 3.8) is 0 Å². The number of nitrogen functional groups attached to an aromatic ring is 1. The molecule has 0 spiro atoms. The van der Waals surface area contributed by atoms with Crippen LogP contribution in [0.1, 0.15) is 30.9 Å². The number of allylic oxidation sites excluding steroid dienone is 1. The molecule has 3 nitrogen and oxygen atoms in total. The van der Waals surface area contributed by atoms with Gasteiger partial charge < -0.3 is 16.9 Å². The molecule has 1 aromatic carbocycles. The van der Waals surface area contributed by atoms with Gasteiger partial charge in [0.15, 0.2) is 0 Å². The molecule has 0 radical (unpaired) electrons. The highest BCUT2D eigenvalue weighted by Crippen LogP contribution is 2.24. The average Bonchev–Trinajstić information content (AvgIpc) is 2.19. The second-order valence-corrected chi connectivity index (χ2v) is 3.76. The van der Waals surface area contributed by atoms with Crippen LogP contribution in [0.4, 0.5) is 5.69 Å². The zero-order valence-electron chi connectivity index (χ0n) is 9.12. The van der Waals surface area contributed by atoms with Gasteiger partial charge in [-0.3, -0.25) is 0 Å². The van der Waals surface area contributed by atoms with Crippen molar-refractivity contribution in [1.82, 2.24) is 0 Å². The summed E-state index contributed by atoms with van der Waals surface area (Å²) in [4.78, 5) is 0. The third-order valence-corrected chi connectivity index (χ3v) is 2.38. The average molecular weight is 203 g/mol. The molecule has 0 bridgehead atoms. The lowest BCUT2D eigenvalue weighted by Gasteiger charge is -2.11. The first-order valence-electron chi connectivity index (χ1n) is 4.92. The molecule has 0 amide bonds. The van der Waals surface area contributed by atoms with Crippen molar-refractivity contribution in [3.05, 3.63) is 35.5 Å². The molecule has 0 aliphatic rings. The Kier molecular flexibility index (Phi) is 3.50. The van der Waals surface area contributed by atoms with Crippen LogP contribution in [0.2, 0.25) is 0 Å². The largest absolute Gasteiger partial charge is 0.404 e. The predicted octanol–water partition coefficient (Wildman–Crippen LogP) is 2.34. The number of nitrogens with two attached hydrogens (primary N) is 2. The summed E-state index contributed by atoms with van der Waals surface area (Å²) in [6, 6.07) is 5.79. The van der Waals surface area contributed by atoms with Crippen LogP contribution in [0.25, 0.3) is 5.57 Å². The lowest BCUT2D eigenvalue weighted by molar-refractivity contribution is 0.870. The van der Waals surface area contributed by atoms with Crippen LogP contribution < -0.4 is 11.5 Å². The fraction of sp³-hybridized carbons (Fsp3) is 0.250. The van der Waals surface area contributed by atoms with Crippen molar-refractivity contribution < 1.29 is 0 Å². The van der Waals surface area contributed by atoms with E-state index in [4.69, 9.17) is 16.9 Å². The summed E-state index contributed by atoms with van der Waals surface area (Å²) in [5.41, 5.74) is 14.8. The SMILES string of the molecule is CC(C)c1ccc(/C(C=N)=C/N)cc1N. The van der Waals surface area contributed by atoms with Crippen molar-refractivity contribution in [1.29, 1.82) is 5.41 Å². The lowest BCUT2D eigenvalue weighted by Crippen LogP contribution is -1.99. The van der Waals surface area contributed by atoms with Crippen molar-refractivity contribution in [2.24, 2.45) is 5.73 Å². The van der Waals surface area contributed by atoms with Crippen molar-refractivity contribution in [2.75, 3.05) is 5.73 Å². The second-order valence-electron chi connectivity index (χ2n) is 3.76. The second kappa shape index (κ2) is 4.64. The number of nitrogens with one attached hydrogen (secondary N) is 1. The Morgan fingerprint density at radius 2 is 2.07 bits per heavy atom. The summed E-state index contributed by atoms with van der Waals surface area (Å²) >= 11 is 0. The first-order chi connectivity index (χ1) is 7.10. The molecule has 0 saturated carbocycles. The van der Waals surface area contributed by atoms with E-state index in [2.05, 4.69) is 13.8 Å². The maximum absolute atomic E-state index is 7.19. The van der Waals surface area contributed by atoms with Crippen LogP contribution in [0.5, 0.6) is 0 Å². The molecule has 80 valence electrons. The summed E-state index contributed by atoms with van der Waals surface area (Å²) in [5, 5.41) is 7.19. The summed E-state index contributed by atoms with van der Waals surface area (Å²) in [7, 11) is 0. The molecule has 5 N–H and O–H groups in total. The van der Waals surface area contributed by atoms with Crippen molar-refractivity contribution in [2.45, 2.75) is 19.8 Å². The quantitative estimate of drug-likeness (QED) is 0.521. The molecule has 0 aromatic heterocycles. The zero-order valence-corrected chi connectivity index (χ0v) is 9.12. The van der Waals surface area contributed by atoms with Gasteiger partial charge in [0.25, 0.3) is 0 Å². The van der Waals surface area contributed by atoms with Gasteiger partial charge in [0.2, 0.25) is 0 Å². The third-order valence-electron chi connectivity index (χ3n) is 2.38. The van der Waals surface area contributed by atoms with Crippen LogP contribution in [-0.2, 0) is 0 Å². The van der Waals surface area contributed by atoms with E-state index in [1.54, 1.807) is 0 Å². The van der Waals surface area contributed by atoms with Gasteiger partial charge in [0.05, 0.1) is 0 Å². The van der Waals surface area contributed by atoms with Gasteiger partial charge in [-0.25, -0.2) is 0 Å². The molecule has 0 atom stereocenters. The molecule has 0 unspecified atom stereocenters. The van der Waals surface area contributed by atoms with E-state index in [1.807, 2.05) is 18.2 Å². The Bertz CT molecular complexity index is 392. The van der Waals surface area contributed by atoms with Gasteiger partial charge in [-0.05, 0) is 23.1 Å². The monoisotopic (exact) mass is 203 g/mol. The van der Waals surface area contributed by atoms with Gasteiger partial charge in [-0.15, -0.1) is 0 Å². The summed E-state index contributed by atoms with van der Waals surface area (Å²) < 4.78 is 0. The number of hydrogen-bond acceptors (Lipinski definition) is 3. The predicted molar refractivity (Wildman–Crippen MR) is 65.9 cm³/mol. The zero-order chi connectivity index (χ0) is 11.4. The fourth-order valence-corrected chi connectivity index (χ4v) is 1.51. The van der Waals surface area contributed by atoms with E-state index < -0.39 is 0 Å². The lowest BCUT2D eigenvalue weighted by atomic mass is 9.97. The first kappa shape index (κ1) is 11.3. The van der Waals surface area contributed by atoms with E-state index in [0.717, 1.165) is 16.8 Å². The Morgan fingerprint density at radius 3 is 2.47 bits per heavy atom. The molecular formula is C12H17N3. The van der Waals surface area contributed by atoms with Crippen LogP contribution in [-0.4, -0.2) is 6.21 Å². The van der Waals surface area contributed by atoms with Gasteiger partial charge in [0.1, 0.15) is 0 Å². The molecule has 1 aromatic rings. The summed E-state index contributed by atoms with van der Waals surface area (Å²) in [6.45, 7) is 4.20. The van der Waals surface area contributed by atoms with Gasteiger partial charge in [-0.2, -0.15) is 0 Å². The van der Waals surface area contributed by atoms with Gasteiger partial charge in [0, 0.05) is 23.7 Å². The third kappa shape index (κ3) is 2.37. The molecular weight excluding hydrogens is 186 g/mol. The highest BCUT2D eigenvalue weighted by atomic mass is 14.6. The number of rotatable bonds is 3. The number of benzene rings is 1. The fourth-order valence-electron chi connectivity index (χ4n) is 1.51. The first-order valence-corrected chi connectivity index (χ1v) is 4.92. The smallest absolute Gasteiger partial charge is 0.0355 e. The van der Waals surface area contributed by atoms with Crippen LogP contribution in [0.15, 0.2) is 24.4 Å². The number of hydrogen-bond donors (Lipinski definition) is 3. The Balaban J connectivity index is 3.17. The van der Waals surface area contributed by atoms with E-state index in [-0.39, 0.29) is 0 Å². The van der Waals surface area contributed by atoms with E-state index in [9.17, 15) is 0 Å². The summed E-state index contributed by atoms with van der Waals surface area (Å²) in [6.07, 6.45) is 2.64. The Labute approximate surface area is 90.3 Å². The minimum absolute atomic E-state index is 0.407. The molecule has 0 heterocycles. The molecule has 0 aliphatic carbocycles.